The SMILES string of the molecule is Cc1cc(C(=O)O)ccc1S(=O)O. The number of carbonyl (C=O) groups is 1. The van der Waals surface area contributed by atoms with Crippen LogP contribution in [0.3, 0.4) is 0 Å². The van der Waals surface area contributed by atoms with E-state index in [1.807, 2.05) is 0 Å². The van der Waals surface area contributed by atoms with E-state index in [0.29, 0.717) is 5.56 Å². The molecule has 0 heterocycles. The van der Waals surface area contributed by atoms with Gasteiger partial charge >= 0.3 is 5.97 Å². The van der Waals surface area contributed by atoms with Crippen LogP contribution in [0.1, 0.15) is 15.9 Å². The van der Waals surface area contributed by atoms with Crippen molar-refractivity contribution in [1.82, 2.24) is 0 Å². The lowest BCUT2D eigenvalue weighted by molar-refractivity contribution is 0.0696. The second-order valence-electron chi connectivity index (χ2n) is 2.53. The van der Waals surface area contributed by atoms with E-state index in [0.717, 1.165) is 0 Å². The molecule has 1 unspecified atom stereocenters. The molecule has 0 fully saturated rings. The molecule has 1 atom stereocenters. The smallest absolute Gasteiger partial charge is 0.335 e. The van der Waals surface area contributed by atoms with Gasteiger partial charge in [0.25, 0.3) is 0 Å². The van der Waals surface area contributed by atoms with E-state index in [4.69, 9.17) is 9.66 Å². The third-order valence-corrected chi connectivity index (χ3v) is 2.44. The van der Waals surface area contributed by atoms with E-state index in [-0.39, 0.29) is 10.5 Å². The van der Waals surface area contributed by atoms with E-state index in [2.05, 4.69) is 0 Å². The molecular formula is C8H8O4S. The van der Waals surface area contributed by atoms with E-state index < -0.39 is 17.0 Å². The Bertz CT molecular complexity index is 372. The Morgan fingerprint density at radius 3 is 2.46 bits per heavy atom. The maximum atomic E-state index is 10.7. The molecule has 1 aromatic carbocycles. The molecule has 0 spiro atoms. The Morgan fingerprint density at radius 2 is 2.08 bits per heavy atom. The van der Waals surface area contributed by atoms with Crippen molar-refractivity contribution in [1.29, 1.82) is 0 Å². The second kappa shape index (κ2) is 3.68. The number of aromatic carboxylic acids is 1. The van der Waals surface area contributed by atoms with Crippen LogP contribution in [0.25, 0.3) is 0 Å². The number of hydrogen-bond acceptors (Lipinski definition) is 2. The van der Waals surface area contributed by atoms with Gasteiger partial charge in [-0.2, -0.15) is 0 Å². The summed E-state index contributed by atoms with van der Waals surface area (Å²) in [6.07, 6.45) is 0. The van der Waals surface area contributed by atoms with Crippen LogP contribution in [-0.4, -0.2) is 19.8 Å². The molecule has 0 aliphatic carbocycles. The fourth-order valence-electron chi connectivity index (χ4n) is 0.978. The number of carboxylic acids is 1. The lowest BCUT2D eigenvalue weighted by atomic mass is 10.1. The zero-order valence-corrected chi connectivity index (χ0v) is 7.67. The van der Waals surface area contributed by atoms with Crippen molar-refractivity contribution in [3.05, 3.63) is 29.3 Å². The standard InChI is InChI=1S/C8H8O4S/c1-5-4-6(8(9)10)2-3-7(5)13(11)12/h2-4H,1H3,(H,9,10)(H,11,12). The van der Waals surface area contributed by atoms with Crippen LogP contribution in [0.4, 0.5) is 0 Å². The minimum atomic E-state index is -2.05. The van der Waals surface area contributed by atoms with Gasteiger partial charge < -0.3 is 9.66 Å². The molecule has 0 bridgehead atoms. The van der Waals surface area contributed by atoms with Crippen molar-refractivity contribution >= 4 is 17.0 Å². The number of hydrogen-bond donors (Lipinski definition) is 2. The fraction of sp³-hybridized carbons (Fsp3) is 0.125. The summed E-state index contributed by atoms with van der Waals surface area (Å²) in [5.41, 5.74) is 0.618. The van der Waals surface area contributed by atoms with Gasteiger partial charge in [0.1, 0.15) is 0 Å². The van der Waals surface area contributed by atoms with Gasteiger partial charge in [0, 0.05) is 0 Å². The first-order valence-electron chi connectivity index (χ1n) is 3.47. The highest BCUT2D eigenvalue weighted by Gasteiger charge is 2.08. The largest absolute Gasteiger partial charge is 0.478 e. The summed E-state index contributed by atoms with van der Waals surface area (Å²) in [6, 6.07) is 4.01. The zero-order chi connectivity index (χ0) is 10.0. The molecule has 5 heteroatoms. The van der Waals surface area contributed by atoms with Gasteiger partial charge in [0.05, 0.1) is 10.5 Å². The van der Waals surface area contributed by atoms with Crippen molar-refractivity contribution in [3.8, 4) is 0 Å². The van der Waals surface area contributed by atoms with Crippen molar-refractivity contribution in [2.75, 3.05) is 0 Å². The summed E-state index contributed by atoms with van der Waals surface area (Å²) in [4.78, 5) is 10.7. The molecule has 2 N–H and O–H groups in total. The molecule has 0 saturated carbocycles. The molecule has 0 aromatic heterocycles. The number of aryl methyl sites for hydroxylation is 1. The Hall–Kier alpha value is -1.20. The van der Waals surface area contributed by atoms with Crippen molar-refractivity contribution in [2.45, 2.75) is 11.8 Å². The van der Waals surface area contributed by atoms with Gasteiger partial charge in [-0.3, -0.25) is 0 Å². The summed E-state index contributed by atoms with van der Waals surface area (Å²) in [7, 11) is 0. The van der Waals surface area contributed by atoms with Gasteiger partial charge in [0.15, 0.2) is 11.1 Å². The van der Waals surface area contributed by atoms with E-state index >= 15 is 0 Å². The normalized spacial score (nSPS) is 12.5. The average molecular weight is 200 g/mol. The van der Waals surface area contributed by atoms with Crippen molar-refractivity contribution in [3.63, 3.8) is 0 Å². The molecular weight excluding hydrogens is 192 g/mol. The molecule has 0 aliphatic rings. The van der Waals surface area contributed by atoms with E-state index in [1.165, 1.54) is 18.2 Å². The summed E-state index contributed by atoms with van der Waals surface area (Å²) in [5, 5.41) is 8.60. The van der Waals surface area contributed by atoms with Gasteiger partial charge in [-0.1, -0.05) is 0 Å². The monoisotopic (exact) mass is 200 g/mol. The Labute approximate surface area is 77.5 Å². The first-order valence-corrected chi connectivity index (χ1v) is 4.58. The van der Waals surface area contributed by atoms with Gasteiger partial charge in [-0.15, -0.1) is 0 Å². The highest BCUT2D eigenvalue weighted by atomic mass is 32.2. The molecule has 0 radical (unpaired) electrons. The van der Waals surface area contributed by atoms with Crippen LogP contribution in [0.5, 0.6) is 0 Å². The molecule has 0 saturated heterocycles. The van der Waals surface area contributed by atoms with E-state index in [1.54, 1.807) is 6.92 Å². The van der Waals surface area contributed by atoms with Crippen molar-refractivity contribution < 1.29 is 18.7 Å². The zero-order valence-electron chi connectivity index (χ0n) is 6.85. The summed E-state index contributed by atoms with van der Waals surface area (Å²) >= 11 is -2.05. The van der Waals surface area contributed by atoms with Crippen molar-refractivity contribution in [2.24, 2.45) is 0 Å². The van der Waals surface area contributed by atoms with Crippen LogP contribution in [0.2, 0.25) is 0 Å². The molecule has 4 nitrogen and oxygen atoms in total. The predicted molar refractivity (Wildman–Crippen MR) is 47.2 cm³/mol. The number of rotatable bonds is 2. The fourth-order valence-corrected chi connectivity index (χ4v) is 1.50. The Balaban J connectivity index is 3.20. The summed E-state index contributed by atoms with van der Waals surface area (Å²) in [6.45, 7) is 1.59. The first-order chi connectivity index (χ1) is 6.02. The number of carboxylic acid groups (broad SMARTS) is 1. The average Bonchev–Trinajstić information content (AvgIpc) is 2.03. The Kier molecular flexibility index (Phi) is 2.79. The first kappa shape index (κ1) is 9.88. The maximum Gasteiger partial charge on any atom is 0.335 e. The highest BCUT2D eigenvalue weighted by Crippen LogP contribution is 2.13. The summed E-state index contributed by atoms with van der Waals surface area (Å²) < 4.78 is 19.4. The van der Waals surface area contributed by atoms with Gasteiger partial charge in [-0.05, 0) is 30.7 Å². The molecule has 0 aliphatic heterocycles. The third kappa shape index (κ3) is 2.13. The lowest BCUT2D eigenvalue weighted by Crippen LogP contribution is -1.99. The molecule has 13 heavy (non-hydrogen) atoms. The number of benzene rings is 1. The topological polar surface area (TPSA) is 74.6 Å². The van der Waals surface area contributed by atoms with E-state index in [9.17, 15) is 9.00 Å². The molecule has 70 valence electrons. The van der Waals surface area contributed by atoms with Crippen LogP contribution in [0, 0.1) is 6.92 Å². The highest BCUT2D eigenvalue weighted by molar-refractivity contribution is 7.79. The molecule has 0 amide bonds. The molecule has 1 aromatic rings. The third-order valence-electron chi connectivity index (χ3n) is 1.61. The van der Waals surface area contributed by atoms with Gasteiger partial charge in [0.2, 0.25) is 0 Å². The predicted octanol–water partition coefficient (Wildman–Crippen LogP) is 1.27. The molecule has 1 rings (SSSR count). The van der Waals surface area contributed by atoms with Gasteiger partial charge in [-0.25, -0.2) is 9.00 Å². The quantitative estimate of drug-likeness (QED) is 0.705. The van der Waals surface area contributed by atoms with Crippen LogP contribution in [-0.2, 0) is 11.1 Å². The second-order valence-corrected chi connectivity index (χ2v) is 3.47. The maximum absolute atomic E-state index is 10.7. The minimum absolute atomic E-state index is 0.117. The van der Waals surface area contributed by atoms with Crippen LogP contribution in [0.15, 0.2) is 23.1 Å². The Morgan fingerprint density at radius 1 is 1.46 bits per heavy atom. The minimum Gasteiger partial charge on any atom is -0.478 e. The lowest BCUT2D eigenvalue weighted by Gasteiger charge is -2.01. The van der Waals surface area contributed by atoms with Crippen LogP contribution < -0.4 is 0 Å². The van der Waals surface area contributed by atoms with Crippen LogP contribution >= 0.6 is 0 Å². The summed E-state index contributed by atoms with van der Waals surface area (Å²) in [5.74, 6) is -1.04.